The lowest BCUT2D eigenvalue weighted by Crippen LogP contribution is -2.39. The van der Waals surface area contributed by atoms with Crippen molar-refractivity contribution >= 4 is 29.1 Å². The van der Waals surface area contributed by atoms with Crippen molar-refractivity contribution in [3.63, 3.8) is 0 Å². The van der Waals surface area contributed by atoms with Crippen molar-refractivity contribution in [2.75, 3.05) is 20.8 Å². The van der Waals surface area contributed by atoms with E-state index in [0.717, 1.165) is 17.4 Å². The predicted molar refractivity (Wildman–Crippen MR) is 135 cm³/mol. The fraction of sp³-hybridized carbons (Fsp3) is 0.240. The summed E-state index contributed by atoms with van der Waals surface area (Å²) in [5.74, 6) is -0.694. The molecule has 1 unspecified atom stereocenters. The molecule has 37 heavy (non-hydrogen) atoms. The number of fused-ring (bicyclic) bond motifs is 1. The highest BCUT2D eigenvalue weighted by Gasteiger charge is 2.33. The van der Waals surface area contributed by atoms with Crippen LogP contribution in [0, 0.1) is 10.1 Å². The molecule has 2 heterocycles. The maximum atomic E-state index is 13.7. The van der Waals surface area contributed by atoms with Crippen LogP contribution in [0.25, 0.3) is 6.08 Å². The minimum atomic E-state index is -0.813. The first kappa shape index (κ1) is 25.6. The summed E-state index contributed by atoms with van der Waals surface area (Å²) in [4.78, 5) is 42.1. The molecule has 0 bridgehead atoms. The lowest BCUT2D eigenvalue weighted by Gasteiger charge is -2.24. The van der Waals surface area contributed by atoms with E-state index in [-0.39, 0.29) is 28.0 Å². The molecule has 0 saturated heterocycles. The van der Waals surface area contributed by atoms with Crippen molar-refractivity contribution in [3.05, 3.63) is 88.6 Å². The number of esters is 1. The molecule has 3 aromatic rings. The smallest absolute Gasteiger partial charge is 0.338 e. The lowest BCUT2D eigenvalue weighted by atomic mass is 9.96. The number of hydrogen-bond acceptors (Lipinski definition) is 10. The van der Waals surface area contributed by atoms with Gasteiger partial charge in [0.2, 0.25) is 5.75 Å². The number of allylic oxidation sites excluding steroid dienone is 1. The molecule has 0 spiro atoms. The molecule has 1 N–H and O–H groups in total. The third-order valence-corrected chi connectivity index (χ3v) is 6.72. The summed E-state index contributed by atoms with van der Waals surface area (Å²) in [5, 5.41) is 21.5. The highest BCUT2D eigenvalue weighted by atomic mass is 32.1. The molecule has 12 heteroatoms. The van der Waals surface area contributed by atoms with Crippen molar-refractivity contribution in [2.45, 2.75) is 19.9 Å². The zero-order valence-corrected chi connectivity index (χ0v) is 21.2. The Balaban J connectivity index is 1.95. The van der Waals surface area contributed by atoms with Crippen LogP contribution in [0.5, 0.6) is 17.2 Å². The third-order valence-electron chi connectivity index (χ3n) is 5.74. The van der Waals surface area contributed by atoms with Crippen LogP contribution in [0.15, 0.2) is 57.5 Å². The molecular weight excluding hydrogens is 502 g/mol. The number of aromatic nitrogens is 1. The molecule has 0 radical (unpaired) electrons. The molecule has 1 aliphatic rings. The molecule has 4 rings (SSSR count). The number of aromatic hydroxyl groups is 1. The van der Waals surface area contributed by atoms with Gasteiger partial charge in [0.1, 0.15) is 5.75 Å². The summed E-state index contributed by atoms with van der Waals surface area (Å²) in [5.41, 5.74) is 0.548. The van der Waals surface area contributed by atoms with Gasteiger partial charge in [0, 0.05) is 6.07 Å². The largest absolute Gasteiger partial charge is 0.500 e. The van der Waals surface area contributed by atoms with E-state index in [9.17, 15) is 24.8 Å². The van der Waals surface area contributed by atoms with Gasteiger partial charge < -0.3 is 19.3 Å². The van der Waals surface area contributed by atoms with Crippen LogP contribution >= 0.6 is 11.3 Å². The Kier molecular flexibility index (Phi) is 7.11. The number of methoxy groups -OCH3 is 2. The Morgan fingerprint density at radius 3 is 2.54 bits per heavy atom. The fourth-order valence-corrected chi connectivity index (χ4v) is 5.08. The molecule has 1 atom stereocenters. The van der Waals surface area contributed by atoms with Gasteiger partial charge in [0.05, 0.1) is 47.6 Å². The van der Waals surface area contributed by atoms with E-state index in [1.165, 1.54) is 30.9 Å². The number of nitro groups is 1. The van der Waals surface area contributed by atoms with Crippen molar-refractivity contribution in [2.24, 2.45) is 4.99 Å². The fourth-order valence-electron chi connectivity index (χ4n) is 4.04. The maximum absolute atomic E-state index is 13.7. The summed E-state index contributed by atoms with van der Waals surface area (Å²) in [6, 6.07) is 8.69. The molecule has 0 amide bonds. The zero-order chi connectivity index (χ0) is 26.9. The molecule has 1 aliphatic heterocycles. The molecule has 192 valence electrons. The van der Waals surface area contributed by atoms with Crippen LogP contribution < -0.4 is 24.4 Å². The van der Waals surface area contributed by atoms with Crippen LogP contribution in [0.1, 0.15) is 31.0 Å². The van der Waals surface area contributed by atoms with Gasteiger partial charge in [-0.05, 0) is 49.2 Å². The zero-order valence-electron chi connectivity index (χ0n) is 20.4. The first-order valence-electron chi connectivity index (χ1n) is 11.1. The quantitative estimate of drug-likeness (QED) is 0.282. The van der Waals surface area contributed by atoms with Gasteiger partial charge in [-0.15, -0.1) is 0 Å². The molecule has 2 aromatic carbocycles. The van der Waals surface area contributed by atoms with Crippen LogP contribution in [-0.2, 0) is 9.53 Å². The average Bonchev–Trinajstić information content (AvgIpc) is 3.18. The SMILES string of the molecule is CCOC(=O)C1=C(C)N=c2s/c(=C/c3cc(OC)c(O)c([N+](=O)[O-])c3)c(=O)n2C1c1ccc(OC)cc1. The molecule has 0 saturated carbocycles. The Morgan fingerprint density at radius 1 is 1.24 bits per heavy atom. The summed E-state index contributed by atoms with van der Waals surface area (Å²) in [6.07, 6.45) is 1.45. The Morgan fingerprint density at radius 2 is 1.95 bits per heavy atom. The second kappa shape index (κ2) is 10.3. The van der Waals surface area contributed by atoms with E-state index >= 15 is 0 Å². The van der Waals surface area contributed by atoms with Crippen LogP contribution in [-0.4, -0.2) is 41.4 Å². The number of phenolic OH excluding ortho intramolecular Hbond substituents is 1. The van der Waals surface area contributed by atoms with Gasteiger partial charge in [-0.3, -0.25) is 19.5 Å². The van der Waals surface area contributed by atoms with E-state index < -0.39 is 33.9 Å². The number of carbonyl (C=O) groups excluding carboxylic acids is 1. The highest BCUT2D eigenvalue weighted by molar-refractivity contribution is 7.07. The molecule has 1 aromatic heterocycles. The number of thiazole rings is 1. The first-order valence-corrected chi connectivity index (χ1v) is 11.9. The van der Waals surface area contributed by atoms with E-state index in [0.29, 0.717) is 21.8 Å². The van der Waals surface area contributed by atoms with E-state index in [2.05, 4.69) is 4.99 Å². The van der Waals surface area contributed by atoms with Crippen LogP contribution in [0.2, 0.25) is 0 Å². The maximum Gasteiger partial charge on any atom is 0.338 e. The third kappa shape index (κ3) is 4.70. The second-order valence-electron chi connectivity index (χ2n) is 7.92. The Bertz CT molecular complexity index is 1600. The van der Waals surface area contributed by atoms with Gasteiger partial charge in [-0.1, -0.05) is 23.5 Å². The van der Waals surface area contributed by atoms with Gasteiger partial charge in [0.25, 0.3) is 5.56 Å². The second-order valence-corrected chi connectivity index (χ2v) is 8.93. The molecule has 0 fully saturated rings. The number of ether oxygens (including phenoxy) is 3. The average molecular weight is 526 g/mol. The Labute approximate surface area is 214 Å². The normalized spacial score (nSPS) is 15.1. The monoisotopic (exact) mass is 525 g/mol. The van der Waals surface area contributed by atoms with E-state index in [4.69, 9.17) is 14.2 Å². The van der Waals surface area contributed by atoms with Gasteiger partial charge in [0.15, 0.2) is 10.6 Å². The number of rotatable bonds is 7. The Hall–Kier alpha value is -4.45. The molecule has 0 aliphatic carbocycles. The topological polar surface area (TPSA) is 142 Å². The summed E-state index contributed by atoms with van der Waals surface area (Å²) >= 11 is 1.07. The standard InChI is InChI=1S/C25H23N3O8S/c1-5-36-24(31)20-13(2)26-25-27(21(20)15-6-8-16(34-3)9-7-15)23(30)19(37-25)12-14-10-17(28(32)33)22(29)18(11-14)35-4/h6-12,21,29H,5H2,1-4H3/b19-12+. The molecule has 11 nitrogen and oxygen atoms in total. The van der Waals surface area contributed by atoms with Crippen molar-refractivity contribution < 1.29 is 29.0 Å². The van der Waals surface area contributed by atoms with Crippen LogP contribution in [0.4, 0.5) is 5.69 Å². The number of phenols is 1. The number of carbonyl (C=O) groups is 1. The van der Waals surface area contributed by atoms with Crippen molar-refractivity contribution in [1.82, 2.24) is 4.57 Å². The van der Waals surface area contributed by atoms with Gasteiger partial charge in [-0.25, -0.2) is 9.79 Å². The first-order chi connectivity index (χ1) is 17.7. The summed E-state index contributed by atoms with van der Waals surface area (Å²) in [6.45, 7) is 3.52. The number of nitro benzene ring substituents is 1. The van der Waals surface area contributed by atoms with Crippen molar-refractivity contribution in [1.29, 1.82) is 0 Å². The minimum absolute atomic E-state index is 0.107. The minimum Gasteiger partial charge on any atom is -0.500 e. The van der Waals surface area contributed by atoms with E-state index in [1.54, 1.807) is 38.1 Å². The molecular formula is C25H23N3O8S. The lowest BCUT2D eigenvalue weighted by molar-refractivity contribution is -0.386. The van der Waals surface area contributed by atoms with Gasteiger partial charge >= 0.3 is 11.7 Å². The number of nitrogens with zero attached hydrogens (tertiary/aromatic N) is 3. The van der Waals surface area contributed by atoms with Gasteiger partial charge in [-0.2, -0.15) is 0 Å². The number of hydrogen-bond donors (Lipinski definition) is 1. The van der Waals surface area contributed by atoms with E-state index in [1.807, 2.05) is 0 Å². The highest BCUT2D eigenvalue weighted by Crippen LogP contribution is 2.37. The summed E-state index contributed by atoms with van der Waals surface area (Å²) in [7, 11) is 2.81. The number of benzene rings is 2. The van der Waals surface area contributed by atoms with Crippen molar-refractivity contribution in [3.8, 4) is 17.2 Å². The summed E-state index contributed by atoms with van der Waals surface area (Å²) < 4.78 is 17.2. The predicted octanol–water partition coefficient (Wildman–Crippen LogP) is 2.43. The van der Waals surface area contributed by atoms with Crippen LogP contribution in [0.3, 0.4) is 0 Å².